The molecule has 2 saturated heterocycles. The van der Waals surface area contributed by atoms with E-state index in [2.05, 4.69) is 6.92 Å². The molecule has 19 heavy (non-hydrogen) atoms. The lowest BCUT2D eigenvalue weighted by Gasteiger charge is -2.31. The Morgan fingerprint density at radius 2 is 2.00 bits per heavy atom. The van der Waals surface area contributed by atoms with Crippen molar-refractivity contribution in [2.45, 2.75) is 63.6 Å². The molecule has 3 aliphatic rings. The highest BCUT2D eigenvalue weighted by Gasteiger charge is 2.53. The molecular formula is C14H22N2O3. The minimum absolute atomic E-state index is 0.0619. The van der Waals surface area contributed by atoms with E-state index in [-0.39, 0.29) is 24.0 Å². The third kappa shape index (κ3) is 2.09. The number of carbonyl (C=O) groups excluding carboxylic acids is 1. The van der Waals surface area contributed by atoms with Crippen LogP contribution in [-0.2, 0) is 4.79 Å². The van der Waals surface area contributed by atoms with Gasteiger partial charge in [-0.2, -0.15) is 0 Å². The predicted molar refractivity (Wildman–Crippen MR) is 69.8 cm³/mol. The standard InChI is InChI=1S/C14H22N2O3/c1-2-7-15(9-3-4-9)14(19)16-10-5-6-12(16)11(8-10)13(17)18/h9-12H,2-8H2,1H3,(H,17,18). The smallest absolute Gasteiger partial charge is 0.320 e. The maximum atomic E-state index is 12.7. The van der Waals surface area contributed by atoms with Crippen LogP contribution in [0.1, 0.15) is 45.4 Å². The number of nitrogens with zero attached hydrogens (tertiary/aromatic N) is 2. The molecular weight excluding hydrogens is 244 g/mol. The summed E-state index contributed by atoms with van der Waals surface area (Å²) >= 11 is 0. The summed E-state index contributed by atoms with van der Waals surface area (Å²) in [5.41, 5.74) is 0. The first kappa shape index (κ1) is 12.8. The summed E-state index contributed by atoms with van der Waals surface area (Å²) in [6, 6.07) is 0.612. The number of hydrogen-bond acceptors (Lipinski definition) is 2. The Bertz CT molecular complexity index is 394. The summed E-state index contributed by atoms with van der Waals surface area (Å²) < 4.78 is 0. The number of amides is 2. The summed E-state index contributed by atoms with van der Waals surface area (Å²) in [5, 5.41) is 9.25. The van der Waals surface area contributed by atoms with Crippen LogP contribution in [0.3, 0.4) is 0 Å². The van der Waals surface area contributed by atoms with Crippen molar-refractivity contribution in [1.29, 1.82) is 0 Å². The van der Waals surface area contributed by atoms with E-state index in [4.69, 9.17) is 0 Å². The van der Waals surface area contributed by atoms with Crippen molar-refractivity contribution >= 4 is 12.0 Å². The van der Waals surface area contributed by atoms with Gasteiger partial charge < -0.3 is 14.9 Å². The number of carbonyl (C=O) groups is 2. The van der Waals surface area contributed by atoms with Crippen LogP contribution in [0.5, 0.6) is 0 Å². The van der Waals surface area contributed by atoms with E-state index in [1.54, 1.807) is 0 Å². The van der Waals surface area contributed by atoms with Crippen LogP contribution in [-0.4, -0.2) is 51.6 Å². The first-order chi connectivity index (χ1) is 9.13. The van der Waals surface area contributed by atoms with Gasteiger partial charge in [-0.15, -0.1) is 0 Å². The summed E-state index contributed by atoms with van der Waals surface area (Å²) in [6.07, 6.45) is 5.67. The Kier molecular flexibility index (Phi) is 3.15. The van der Waals surface area contributed by atoms with E-state index in [0.717, 1.165) is 38.6 Å². The highest BCUT2D eigenvalue weighted by molar-refractivity contribution is 5.80. The highest BCUT2D eigenvalue weighted by Crippen LogP contribution is 2.43. The van der Waals surface area contributed by atoms with Gasteiger partial charge >= 0.3 is 12.0 Å². The molecule has 2 amide bonds. The Morgan fingerprint density at radius 3 is 2.53 bits per heavy atom. The third-order valence-electron chi connectivity index (χ3n) is 4.77. The topological polar surface area (TPSA) is 60.9 Å². The molecule has 3 atom stereocenters. The zero-order valence-corrected chi connectivity index (χ0v) is 11.4. The third-order valence-corrected chi connectivity index (χ3v) is 4.77. The van der Waals surface area contributed by atoms with Crippen molar-refractivity contribution in [3.8, 4) is 0 Å². The SMILES string of the molecule is CCCN(C(=O)N1C2CCC1C(C(=O)O)C2)C1CC1. The Morgan fingerprint density at radius 1 is 1.26 bits per heavy atom. The van der Waals surface area contributed by atoms with Gasteiger partial charge in [0.1, 0.15) is 0 Å². The molecule has 106 valence electrons. The summed E-state index contributed by atoms with van der Waals surface area (Å²) in [6.45, 7) is 2.89. The van der Waals surface area contributed by atoms with E-state index in [9.17, 15) is 14.7 Å². The van der Waals surface area contributed by atoms with Gasteiger partial charge in [0.15, 0.2) is 0 Å². The Hall–Kier alpha value is -1.26. The highest BCUT2D eigenvalue weighted by atomic mass is 16.4. The summed E-state index contributed by atoms with van der Waals surface area (Å²) in [7, 11) is 0. The number of carboxylic acids is 1. The van der Waals surface area contributed by atoms with Crippen LogP contribution >= 0.6 is 0 Å². The molecule has 2 bridgehead atoms. The maximum absolute atomic E-state index is 12.7. The monoisotopic (exact) mass is 266 g/mol. The van der Waals surface area contributed by atoms with Crippen LogP contribution in [0.4, 0.5) is 4.79 Å². The molecule has 0 spiro atoms. The van der Waals surface area contributed by atoms with Gasteiger partial charge in [0.25, 0.3) is 0 Å². The number of fused-ring (bicyclic) bond motifs is 2. The van der Waals surface area contributed by atoms with Crippen LogP contribution in [0.2, 0.25) is 0 Å². The van der Waals surface area contributed by atoms with Gasteiger partial charge in [-0.1, -0.05) is 6.92 Å². The van der Waals surface area contributed by atoms with Crippen molar-refractivity contribution < 1.29 is 14.7 Å². The largest absolute Gasteiger partial charge is 0.481 e. The molecule has 3 rings (SSSR count). The van der Waals surface area contributed by atoms with E-state index >= 15 is 0 Å². The minimum Gasteiger partial charge on any atom is -0.481 e. The normalized spacial score (nSPS) is 32.7. The zero-order chi connectivity index (χ0) is 13.6. The van der Waals surface area contributed by atoms with Crippen LogP contribution in [0, 0.1) is 5.92 Å². The number of urea groups is 1. The number of hydrogen-bond donors (Lipinski definition) is 1. The van der Waals surface area contributed by atoms with Gasteiger partial charge in [-0.3, -0.25) is 4.79 Å². The molecule has 0 aromatic rings. The lowest BCUT2D eigenvalue weighted by Crippen LogP contribution is -2.47. The summed E-state index contributed by atoms with van der Waals surface area (Å²) in [4.78, 5) is 27.8. The molecule has 5 heteroatoms. The van der Waals surface area contributed by atoms with E-state index in [0.29, 0.717) is 12.5 Å². The second kappa shape index (κ2) is 4.69. The molecule has 5 nitrogen and oxygen atoms in total. The fraction of sp³-hybridized carbons (Fsp3) is 0.857. The van der Waals surface area contributed by atoms with Crippen LogP contribution in [0.15, 0.2) is 0 Å². The average Bonchev–Trinajstić information content (AvgIpc) is 3.06. The zero-order valence-electron chi connectivity index (χ0n) is 11.4. The van der Waals surface area contributed by atoms with Crippen molar-refractivity contribution in [1.82, 2.24) is 9.80 Å². The average molecular weight is 266 g/mol. The predicted octanol–water partition coefficient (Wildman–Crippen LogP) is 1.92. The molecule has 0 aromatic carbocycles. The Balaban J connectivity index is 1.74. The van der Waals surface area contributed by atoms with Gasteiger partial charge in [-0.05, 0) is 38.5 Å². The van der Waals surface area contributed by atoms with Crippen molar-refractivity contribution in [3.63, 3.8) is 0 Å². The molecule has 2 heterocycles. The van der Waals surface area contributed by atoms with Gasteiger partial charge in [-0.25, -0.2) is 4.79 Å². The quantitative estimate of drug-likeness (QED) is 0.845. The second-order valence-corrected chi connectivity index (χ2v) is 6.09. The van der Waals surface area contributed by atoms with Crippen molar-refractivity contribution in [3.05, 3.63) is 0 Å². The van der Waals surface area contributed by atoms with E-state index in [1.807, 2.05) is 9.80 Å². The van der Waals surface area contributed by atoms with E-state index < -0.39 is 5.97 Å². The van der Waals surface area contributed by atoms with Crippen molar-refractivity contribution in [2.75, 3.05) is 6.54 Å². The second-order valence-electron chi connectivity index (χ2n) is 6.09. The minimum atomic E-state index is -0.738. The van der Waals surface area contributed by atoms with Gasteiger partial charge in [0, 0.05) is 24.7 Å². The summed E-state index contributed by atoms with van der Waals surface area (Å²) in [5.74, 6) is -1.08. The first-order valence-electron chi connectivity index (χ1n) is 7.45. The lowest BCUT2D eigenvalue weighted by atomic mass is 9.89. The molecule has 1 N–H and O–H groups in total. The first-order valence-corrected chi connectivity index (χ1v) is 7.45. The number of aliphatic carboxylic acids is 1. The molecule has 3 unspecified atom stereocenters. The number of rotatable bonds is 4. The molecule has 0 aromatic heterocycles. The molecule has 2 aliphatic heterocycles. The van der Waals surface area contributed by atoms with Crippen LogP contribution in [0.25, 0.3) is 0 Å². The van der Waals surface area contributed by atoms with Crippen LogP contribution < -0.4 is 0 Å². The number of carboxylic acid groups (broad SMARTS) is 1. The maximum Gasteiger partial charge on any atom is 0.320 e. The molecule has 0 radical (unpaired) electrons. The molecule has 1 aliphatic carbocycles. The molecule has 3 fully saturated rings. The fourth-order valence-electron chi connectivity index (χ4n) is 3.76. The van der Waals surface area contributed by atoms with Gasteiger partial charge in [0.05, 0.1) is 5.92 Å². The van der Waals surface area contributed by atoms with E-state index in [1.165, 1.54) is 0 Å². The molecule has 1 saturated carbocycles. The van der Waals surface area contributed by atoms with Crippen molar-refractivity contribution in [2.24, 2.45) is 5.92 Å². The Labute approximate surface area is 113 Å². The lowest BCUT2D eigenvalue weighted by molar-refractivity contribution is -0.142. The fourth-order valence-corrected chi connectivity index (χ4v) is 3.76. The van der Waals surface area contributed by atoms with Gasteiger partial charge in [0.2, 0.25) is 0 Å².